The van der Waals surface area contributed by atoms with Crippen molar-refractivity contribution in [1.29, 1.82) is 0 Å². The van der Waals surface area contributed by atoms with Gasteiger partial charge in [0.15, 0.2) is 0 Å². The Balaban J connectivity index is 2.01. The van der Waals surface area contributed by atoms with E-state index in [0.717, 1.165) is 22.2 Å². The molecule has 0 aliphatic carbocycles. The fourth-order valence-corrected chi connectivity index (χ4v) is 2.11. The Kier molecular flexibility index (Phi) is 2.60. The third-order valence-corrected chi connectivity index (χ3v) is 3.00. The molecule has 2 aromatic heterocycles. The molecule has 0 aliphatic rings. The first-order valence-electron chi connectivity index (χ1n) is 5.80. The van der Waals surface area contributed by atoms with E-state index in [9.17, 15) is 5.11 Å². The normalized spacial score (nSPS) is 11.2. The summed E-state index contributed by atoms with van der Waals surface area (Å²) in [5.41, 5.74) is 2.94. The predicted molar refractivity (Wildman–Crippen MR) is 68.0 cm³/mol. The van der Waals surface area contributed by atoms with Crippen molar-refractivity contribution in [2.75, 3.05) is 0 Å². The Hall–Kier alpha value is -2.14. The molecule has 1 aromatic carbocycles. The SMILES string of the molecule is Cn1cc(Cn2ccc3ccc(CO)cc32)nn1. The molecule has 3 aromatic rings. The number of rotatable bonds is 3. The zero-order valence-corrected chi connectivity index (χ0v) is 10.1. The van der Waals surface area contributed by atoms with Crippen LogP contribution in [0.3, 0.4) is 0 Å². The first-order valence-corrected chi connectivity index (χ1v) is 5.80. The number of aromatic nitrogens is 4. The van der Waals surface area contributed by atoms with Crippen LogP contribution in [-0.4, -0.2) is 24.7 Å². The van der Waals surface area contributed by atoms with Gasteiger partial charge in [0.2, 0.25) is 0 Å². The summed E-state index contributed by atoms with van der Waals surface area (Å²) in [6, 6.07) is 8.03. The number of hydrogen-bond acceptors (Lipinski definition) is 3. The highest BCUT2D eigenvalue weighted by Crippen LogP contribution is 2.18. The van der Waals surface area contributed by atoms with Crippen molar-refractivity contribution in [3.8, 4) is 0 Å². The summed E-state index contributed by atoms with van der Waals surface area (Å²) in [6.07, 6.45) is 3.93. The van der Waals surface area contributed by atoms with E-state index < -0.39 is 0 Å². The topological polar surface area (TPSA) is 55.9 Å². The van der Waals surface area contributed by atoms with Crippen molar-refractivity contribution in [3.63, 3.8) is 0 Å². The summed E-state index contributed by atoms with van der Waals surface area (Å²) in [4.78, 5) is 0. The number of hydrogen-bond donors (Lipinski definition) is 1. The van der Waals surface area contributed by atoms with E-state index in [1.807, 2.05) is 37.6 Å². The van der Waals surface area contributed by atoms with Gasteiger partial charge in [-0.25, -0.2) is 0 Å². The van der Waals surface area contributed by atoms with Gasteiger partial charge in [0.1, 0.15) is 5.69 Å². The number of fused-ring (bicyclic) bond motifs is 1. The highest BCUT2D eigenvalue weighted by atomic mass is 16.3. The monoisotopic (exact) mass is 242 g/mol. The molecule has 2 heterocycles. The summed E-state index contributed by atoms with van der Waals surface area (Å²) < 4.78 is 3.80. The number of aryl methyl sites for hydroxylation is 1. The van der Waals surface area contributed by atoms with E-state index >= 15 is 0 Å². The largest absolute Gasteiger partial charge is 0.392 e. The molecule has 18 heavy (non-hydrogen) atoms. The molecule has 0 saturated carbocycles. The third-order valence-electron chi connectivity index (χ3n) is 3.00. The third kappa shape index (κ3) is 1.89. The van der Waals surface area contributed by atoms with Crippen molar-refractivity contribution in [3.05, 3.63) is 47.9 Å². The van der Waals surface area contributed by atoms with Crippen molar-refractivity contribution >= 4 is 10.9 Å². The highest BCUT2D eigenvalue weighted by molar-refractivity contribution is 5.80. The van der Waals surface area contributed by atoms with Crippen LogP contribution in [0, 0.1) is 0 Å². The molecule has 0 spiro atoms. The summed E-state index contributed by atoms with van der Waals surface area (Å²) in [5.74, 6) is 0. The van der Waals surface area contributed by atoms with Crippen LogP contribution < -0.4 is 0 Å². The average molecular weight is 242 g/mol. The molecule has 0 bridgehead atoms. The molecule has 92 valence electrons. The Morgan fingerprint density at radius 3 is 2.89 bits per heavy atom. The van der Waals surface area contributed by atoms with Crippen LogP contribution in [0.25, 0.3) is 10.9 Å². The molecule has 0 radical (unpaired) electrons. The van der Waals surface area contributed by atoms with E-state index in [4.69, 9.17) is 0 Å². The highest BCUT2D eigenvalue weighted by Gasteiger charge is 2.05. The van der Waals surface area contributed by atoms with Crippen LogP contribution in [0.15, 0.2) is 36.7 Å². The van der Waals surface area contributed by atoms with Gasteiger partial charge in [0.25, 0.3) is 0 Å². The molecule has 0 amide bonds. The van der Waals surface area contributed by atoms with Gasteiger partial charge in [-0.3, -0.25) is 4.68 Å². The number of benzene rings is 1. The number of aliphatic hydroxyl groups is 1. The molecule has 0 fully saturated rings. The maximum absolute atomic E-state index is 9.18. The lowest BCUT2D eigenvalue weighted by atomic mass is 10.2. The lowest BCUT2D eigenvalue weighted by Crippen LogP contribution is -1.98. The first-order chi connectivity index (χ1) is 8.76. The van der Waals surface area contributed by atoms with Gasteiger partial charge in [-0.15, -0.1) is 5.10 Å². The van der Waals surface area contributed by atoms with Crippen LogP contribution in [-0.2, 0) is 20.2 Å². The smallest absolute Gasteiger partial charge is 0.102 e. The molecular weight excluding hydrogens is 228 g/mol. The number of nitrogens with zero attached hydrogens (tertiary/aromatic N) is 4. The van der Waals surface area contributed by atoms with E-state index in [0.29, 0.717) is 6.54 Å². The van der Waals surface area contributed by atoms with Crippen molar-refractivity contribution in [1.82, 2.24) is 19.6 Å². The molecule has 0 atom stereocenters. The minimum absolute atomic E-state index is 0.0618. The molecule has 0 saturated heterocycles. The molecule has 5 nitrogen and oxygen atoms in total. The molecule has 3 rings (SSSR count). The number of aliphatic hydroxyl groups excluding tert-OH is 1. The molecule has 1 N–H and O–H groups in total. The van der Waals surface area contributed by atoms with E-state index in [-0.39, 0.29) is 6.61 Å². The average Bonchev–Trinajstić information content (AvgIpc) is 2.96. The Labute approximate surface area is 104 Å². The second-order valence-corrected chi connectivity index (χ2v) is 4.38. The van der Waals surface area contributed by atoms with Crippen LogP contribution in [0.4, 0.5) is 0 Å². The standard InChI is InChI=1S/C13H14N4O/c1-16-7-12(14-15-16)8-17-5-4-11-3-2-10(9-18)6-13(11)17/h2-7,18H,8-9H2,1H3. The minimum atomic E-state index is 0.0618. The molecule has 0 unspecified atom stereocenters. The summed E-state index contributed by atoms with van der Waals surface area (Å²) in [6.45, 7) is 0.748. The fourth-order valence-electron chi connectivity index (χ4n) is 2.11. The van der Waals surface area contributed by atoms with Crippen molar-refractivity contribution < 1.29 is 5.11 Å². The maximum Gasteiger partial charge on any atom is 0.102 e. The summed E-state index contributed by atoms with van der Waals surface area (Å²) in [7, 11) is 1.86. The predicted octanol–water partition coefficient (Wildman–Crippen LogP) is 1.31. The first kappa shape index (κ1) is 11.0. The van der Waals surface area contributed by atoms with Gasteiger partial charge in [-0.2, -0.15) is 0 Å². The minimum Gasteiger partial charge on any atom is -0.392 e. The van der Waals surface area contributed by atoms with E-state index in [1.54, 1.807) is 4.68 Å². The van der Waals surface area contributed by atoms with Gasteiger partial charge in [0.05, 0.1) is 13.2 Å². The van der Waals surface area contributed by atoms with E-state index in [1.165, 1.54) is 0 Å². The van der Waals surface area contributed by atoms with Crippen LogP contribution in [0.5, 0.6) is 0 Å². The molecule has 5 heteroatoms. The van der Waals surface area contributed by atoms with Crippen LogP contribution >= 0.6 is 0 Å². The van der Waals surface area contributed by atoms with Crippen LogP contribution in [0.2, 0.25) is 0 Å². The maximum atomic E-state index is 9.18. The van der Waals surface area contributed by atoms with Gasteiger partial charge in [-0.05, 0) is 23.1 Å². The quantitative estimate of drug-likeness (QED) is 0.753. The zero-order valence-electron chi connectivity index (χ0n) is 10.1. The summed E-state index contributed by atoms with van der Waals surface area (Å²) >= 11 is 0. The Morgan fingerprint density at radius 1 is 1.28 bits per heavy atom. The van der Waals surface area contributed by atoms with Gasteiger partial charge < -0.3 is 9.67 Å². The lowest BCUT2D eigenvalue weighted by molar-refractivity contribution is 0.282. The van der Waals surface area contributed by atoms with Gasteiger partial charge in [-0.1, -0.05) is 17.3 Å². The zero-order chi connectivity index (χ0) is 12.5. The van der Waals surface area contributed by atoms with Crippen molar-refractivity contribution in [2.24, 2.45) is 7.05 Å². The molecular formula is C13H14N4O. The lowest BCUT2D eigenvalue weighted by Gasteiger charge is -2.03. The fraction of sp³-hybridized carbons (Fsp3) is 0.231. The summed E-state index contributed by atoms with van der Waals surface area (Å²) in [5, 5.41) is 18.4. The second kappa shape index (κ2) is 4.27. The van der Waals surface area contributed by atoms with Gasteiger partial charge in [0, 0.05) is 25.0 Å². The Morgan fingerprint density at radius 2 is 2.17 bits per heavy atom. The van der Waals surface area contributed by atoms with E-state index in [2.05, 4.69) is 20.9 Å². The molecule has 0 aliphatic heterocycles. The van der Waals surface area contributed by atoms with Crippen LogP contribution in [0.1, 0.15) is 11.3 Å². The van der Waals surface area contributed by atoms with Crippen molar-refractivity contribution in [2.45, 2.75) is 13.2 Å². The van der Waals surface area contributed by atoms with Gasteiger partial charge >= 0.3 is 0 Å². The second-order valence-electron chi connectivity index (χ2n) is 4.38. The Bertz CT molecular complexity index is 683.